The summed E-state index contributed by atoms with van der Waals surface area (Å²) in [7, 11) is -3.57. The van der Waals surface area contributed by atoms with Crippen molar-refractivity contribution in [2.75, 3.05) is 47.8 Å². The quantitative estimate of drug-likeness (QED) is 0.599. The first-order valence-corrected chi connectivity index (χ1v) is 13.8. The topological polar surface area (TPSA) is 90.0 Å². The van der Waals surface area contributed by atoms with Crippen LogP contribution in [0.4, 0.5) is 17.1 Å². The number of anilines is 3. The second-order valence-electron chi connectivity index (χ2n) is 9.04. The highest BCUT2D eigenvalue weighted by Gasteiger charge is 2.35. The van der Waals surface area contributed by atoms with E-state index in [1.165, 1.54) is 22.9 Å². The molecule has 2 saturated heterocycles. The van der Waals surface area contributed by atoms with Crippen molar-refractivity contribution in [1.29, 1.82) is 0 Å². The van der Waals surface area contributed by atoms with Gasteiger partial charge < -0.3 is 15.1 Å². The monoisotopic (exact) mass is 498 g/mol. The van der Waals surface area contributed by atoms with E-state index < -0.39 is 15.9 Å². The van der Waals surface area contributed by atoms with Crippen molar-refractivity contribution in [1.82, 2.24) is 4.31 Å². The van der Waals surface area contributed by atoms with E-state index in [2.05, 4.69) is 10.2 Å². The van der Waals surface area contributed by atoms with Crippen LogP contribution in [0.5, 0.6) is 0 Å². The summed E-state index contributed by atoms with van der Waals surface area (Å²) in [4.78, 5) is 29.9. The molecule has 9 heteroatoms. The van der Waals surface area contributed by atoms with Gasteiger partial charge in [-0.05, 0) is 55.7 Å². The Morgan fingerprint density at radius 3 is 2.31 bits per heavy atom. The van der Waals surface area contributed by atoms with Gasteiger partial charge in [0.2, 0.25) is 21.8 Å². The molecule has 0 aromatic heterocycles. The van der Waals surface area contributed by atoms with E-state index in [-0.39, 0.29) is 29.7 Å². The molecule has 2 heterocycles. The Balaban J connectivity index is 1.45. The number of para-hydroxylation sites is 2. The van der Waals surface area contributed by atoms with Crippen molar-refractivity contribution in [3.05, 3.63) is 48.5 Å². The fourth-order valence-corrected chi connectivity index (χ4v) is 6.33. The summed E-state index contributed by atoms with van der Waals surface area (Å²) in [5.41, 5.74) is 2.39. The molecule has 2 amide bonds. The number of piperidine rings is 1. The lowest BCUT2D eigenvalue weighted by Crippen LogP contribution is -2.32. The summed E-state index contributed by atoms with van der Waals surface area (Å²) in [6, 6.07) is 14.2. The lowest BCUT2D eigenvalue weighted by Gasteiger charge is -2.30. The Hall–Kier alpha value is -2.91. The van der Waals surface area contributed by atoms with Gasteiger partial charge >= 0.3 is 0 Å². The van der Waals surface area contributed by atoms with Gasteiger partial charge in [0.05, 0.1) is 22.2 Å². The fraction of sp³-hybridized carbons (Fsp3) is 0.462. The minimum absolute atomic E-state index is 0.122. The van der Waals surface area contributed by atoms with Gasteiger partial charge in [-0.2, -0.15) is 4.31 Å². The maximum atomic E-state index is 13.1. The number of carbonyl (C=O) groups is 2. The smallest absolute Gasteiger partial charge is 0.243 e. The summed E-state index contributed by atoms with van der Waals surface area (Å²) in [6.45, 7) is 6.60. The van der Waals surface area contributed by atoms with E-state index in [0.29, 0.717) is 18.8 Å². The van der Waals surface area contributed by atoms with Crippen LogP contribution >= 0.6 is 0 Å². The standard InChI is InChI=1S/C26H34N4O4S/c1-3-29(4-2)35(33,34)22-14-12-21(13-15-22)30-19-20(18-25(30)31)26(32)27-23-10-6-7-11-24(23)28-16-8-5-9-17-28/h6-7,10-15,20H,3-5,8-9,16-19H2,1-2H3,(H,27,32)/t20-/m1/s1. The molecule has 8 nitrogen and oxygen atoms in total. The fourth-order valence-electron chi connectivity index (χ4n) is 4.87. The Kier molecular flexibility index (Phi) is 7.76. The van der Waals surface area contributed by atoms with Crippen LogP contribution in [0.3, 0.4) is 0 Å². The lowest BCUT2D eigenvalue weighted by molar-refractivity contribution is -0.122. The Bertz CT molecular complexity index is 1160. The van der Waals surface area contributed by atoms with Crippen molar-refractivity contribution < 1.29 is 18.0 Å². The van der Waals surface area contributed by atoms with Crippen molar-refractivity contribution >= 4 is 38.9 Å². The van der Waals surface area contributed by atoms with Crippen LogP contribution in [-0.4, -0.2) is 57.3 Å². The SMILES string of the molecule is CCN(CC)S(=O)(=O)c1ccc(N2C[C@H](C(=O)Nc3ccccc3N3CCCCC3)CC2=O)cc1. The molecule has 1 N–H and O–H groups in total. The minimum atomic E-state index is -3.57. The molecular formula is C26H34N4O4S. The van der Waals surface area contributed by atoms with Gasteiger partial charge in [0.1, 0.15) is 0 Å². The molecule has 2 aliphatic heterocycles. The van der Waals surface area contributed by atoms with E-state index >= 15 is 0 Å². The van der Waals surface area contributed by atoms with Crippen molar-refractivity contribution in [3.8, 4) is 0 Å². The van der Waals surface area contributed by atoms with Crippen molar-refractivity contribution in [2.45, 2.75) is 44.4 Å². The number of nitrogens with one attached hydrogen (secondary N) is 1. The molecule has 4 rings (SSSR count). The molecule has 2 aromatic carbocycles. The first-order chi connectivity index (χ1) is 16.8. The molecule has 0 bridgehead atoms. The zero-order valence-electron chi connectivity index (χ0n) is 20.4. The summed E-state index contributed by atoms with van der Waals surface area (Å²) < 4.78 is 26.9. The number of amides is 2. The number of sulfonamides is 1. The van der Waals surface area contributed by atoms with Crippen LogP contribution in [0.25, 0.3) is 0 Å². The van der Waals surface area contributed by atoms with Crippen LogP contribution < -0.4 is 15.1 Å². The largest absolute Gasteiger partial charge is 0.370 e. The summed E-state index contributed by atoms with van der Waals surface area (Å²) >= 11 is 0. The molecule has 0 spiro atoms. The second-order valence-corrected chi connectivity index (χ2v) is 11.0. The zero-order chi connectivity index (χ0) is 25.0. The molecule has 0 aliphatic carbocycles. The Morgan fingerprint density at radius 1 is 1.00 bits per heavy atom. The zero-order valence-corrected chi connectivity index (χ0v) is 21.3. The first-order valence-electron chi connectivity index (χ1n) is 12.4. The van der Waals surface area contributed by atoms with Gasteiger partial charge in [0, 0.05) is 44.8 Å². The molecular weight excluding hydrogens is 464 g/mol. The molecule has 0 saturated carbocycles. The highest BCUT2D eigenvalue weighted by Crippen LogP contribution is 2.31. The van der Waals surface area contributed by atoms with Crippen molar-refractivity contribution in [3.63, 3.8) is 0 Å². The number of benzene rings is 2. The van der Waals surface area contributed by atoms with Crippen LogP contribution in [-0.2, 0) is 19.6 Å². The van der Waals surface area contributed by atoms with Gasteiger partial charge in [0.15, 0.2) is 0 Å². The van der Waals surface area contributed by atoms with E-state index in [1.54, 1.807) is 30.9 Å². The van der Waals surface area contributed by atoms with Gasteiger partial charge in [-0.15, -0.1) is 0 Å². The average molecular weight is 499 g/mol. The van der Waals surface area contributed by atoms with Gasteiger partial charge in [-0.25, -0.2) is 8.42 Å². The maximum absolute atomic E-state index is 13.1. The van der Waals surface area contributed by atoms with E-state index in [4.69, 9.17) is 0 Å². The molecule has 2 aromatic rings. The van der Waals surface area contributed by atoms with Crippen LogP contribution in [0.1, 0.15) is 39.5 Å². The average Bonchev–Trinajstić information content (AvgIpc) is 3.27. The minimum Gasteiger partial charge on any atom is -0.370 e. The van der Waals surface area contributed by atoms with E-state index in [9.17, 15) is 18.0 Å². The molecule has 188 valence electrons. The third kappa shape index (κ3) is 5.36. The van der Waals surface area contributed by atoms with Crippen LogP contribution in [0, 0.1) is 5.92 Å². The predicted molar refractivity (Wildman–Crippen MR) is 138 cm³/mol. The summed E-state index contributed by atoms with van der Waals surface area (Å²) in [5, 5.41) is 3.05. The highest BCUT2D eigenvalue weighted by molar-refractivity contribution is 7.89. The highest BCUT2D eigenvalue weighted by atomic mass is 32.2. The normalized spacial score (nSPS) is 18.8. The van der Waals surface area contributed by atoms with E-state index in [0.717, 1.165) is 37.3 Å². The first kappa shape index (κ1) is 25.2. The second kappa shape index (κ2) is 10.8. The lowest BCUT2D eigenvalue weighted by atomic mass is 10.1. The maximum Gasteiger partial charge on any atom is 0.243 e. The number of hydrogen-bond acceptors (Lipinski definition) is 5. The Labute approximate surface area is 207 Å². The third-order valence-electron chi connectivity index (χ3n) is 6.85. The summed E-state index contributed by atoms with van der Waals surface area (Å²) in [6.07, 6.45) is 3.64. The van der Waals surface area contributed by atoms with Gasteiger partial charge in [-0.1, -0.05) is 26.0 Å². The van der Waals surface area contributed by atoms with Gasteiger partial charge in [-0.3, -0.25) is 9.59 Å². The van der Waals surface area contributed by atoms with Crippen molar-refractivity contribution in [2.24, 2.45) is 5.92 Å². The Morgan fingerprint density at radius 2 is 1.66 bits per heavy atom. The van der Waals surface area contributed by atoms with E-state index in [1.807, 2.05) is 24.3 Å². The third-order valence-corrected chi connectivity index (χ3v) is 8.91. The van der Waals surface area contributed by atoms with Crippen LogP contribution in [0.2, 0.25) is 0 Å². The molecule has 2 fully saturated rings. The predicted octanol–water partition coefficient (Wildman–Crippen LogP) is 3.70. The molecule has 0 radical (unpaired) electrons. The number of hydrogen-bond donors (Lipinski definition) is 1. The van der Waals surface area contributed by atoms with Gasteiger partial charge in [0.25, 0.3) is 0 Å². The molecule has 35 heavy (non-hydrogen) atoms. The number of nitrogens with zero attached hydrogens (tertiary/aromatic N) is 3. The van der Waals surface area contributed by atoms with Crippen LogP contribution in [0.15, 0.2) is 53.4 Å². The molecule has 0 unspecified atom stereocenters. The molecule has 1 atom stereocenters. The number of rotatable bonds is 8. The molecule has 2 aliphatic rings. The summed E-state index contributed by atoms with van der Waals surface area (Å²) in [5.74, 6) is -0.796. The number of carbonyl (C=O) groups excluding carboxylic acids is 2.